The first kappa shape index (κ1) is 9.01. The van der Waals surface area contributed by atoms with E-state index in [4.69, 9.17) is 15.3 Å². The Morgan fingerprint density at radius 3 is 3.00 bits per heavy atom. The van der Waals surface area contributed by atoms with Crippen molar-refractivity contribution in [3.63, 3.8) is 0 Å². The number of carbonyl (C=O) groups is 1. The fraction of sp³-hybridized carbons (Fsp3) is 0. The molecule has 0 aliphatic rings. The summed E-state index contributed by atoms with van der Waals surface area (Å²) in [4.78, 5) is 14.6. The van der Waals surface area contributed by atoms with Gasteiger partial charge in [0, 0.05) is 10.7 Å². The van der Waals surface area contributed by atoms with Gasteiger partial charge in [0.1, 0.15) is 0 Å². The Labute approximate surface area is 86.7 Å². The molecule has 2 aromatic heterocycles. The number of halogens is 1. The lowest BCUT2D eigenvalue weighted by Crippen LogP contribution is -1.98. The highest BCUT2D eigenvalue weighted by atomic mass is 79.9. The summed E-state index contributed by atoms with van der Waals surface area (Å²) in [5.74, 6) is -1.47. The standard InChI is InChI=1S/C8H5BrN2O3/c9-3-1-4-5(10)6(8(12)13)14-7(4)11-2-3/h1-2H,10H2,(H,12,13). The molecule has 0 amide bonds. The maximum atomic E-state index is 10.7. The number of nitrogen functional groups attached to an aromatic ring is 1. The summed E-state index contributed by atoms with van der Waals surface area (Å²) >= 11 is 3.21. The van der Waals surface area contributed by atoms with Crippen LogP contribution in [0.2, 0.25) is 0 Å². The highest BCUT2D eigenvalue weighted by molar-refractivity contribution is 9.10. The second-order valence-electron chi connectivity index (χ2n) is 2.66. The van der Waals surface area contributed by atoms with Crippen molar-refractivity contribution in [2.45, 2.75) is 0 Å². The monoisotopic (exact) mass is 256 g/mol. The van der Waals surface area contributed by atoms with Gasteiger partial charge in [-0.2, -0.15) is 0 Å². The van der Waals surface area contributed by atoms with Crippen LogP contribution >= 0.6 is 15.9 Å². The zero-order valence-corrected chi connectivity index (χ0v) is 8.41. The first-order valence-corrected chi connectivity index (χ1v) is 4.45. The van der Waals surface area contributed by atoms with Gasteiger partial charge in [-0.1, -0.05) is 0 Å². The van der Waals surface area contributed by atoms with E-state index in [0.29, 0.717) is 5.39 Å². The predicted molar refractivity (Wildman–Crippen MR) is 53.1 cm³/mol. The molecule has 0 saturated heterocycles. The van der Waals surface area contributed by atoms with Crippen LogP contribution in [0, 0.1) is 0 Å². The largest absolute Gasteiger partial charge is 0.475 e. The first-order valence-electron chi connectivity index (χ1n) is 3.66. The molecule has 6 heteroatoms. The molecule has 2 aromatic rings. The molecule has 0 atom stereocenters. The number of fused-ring (bicyclic) bond motifs is 1. The number of anilines is 1. The Morgan fingerprint density at radius 2 is 2.36 bits per heavy atom. The van der Waals surface area contributed by atoms with E-state index in [0.717, 1.165) is 4.47 Å². The maximum absolute atomic E-state index is 10.7. The molecule has 72 valence electrons. The third-order valence-corrected chi connectivity index (χ3v) is 2.18. The normalized spacial score (nSPS) is 10.6. The number of rotatable bonds is 1. The van der Waals surface area contributed by atoms with Crippen LogP contribution in [-0.2, 0) is 0 Å². The van der Waals surface area contributed by atoms with E-state index in [1.54, 1.807) is 6.07 Å². The van der Waals surface area contributed by atoms with Gasteiger partial charge in [-0.05, 0) is 22.0 Å². The molecular weight excluding hydrogens is 252 g/mol. The number of hydrogen-bond acceptors (Lipinski definition) is 4. The average Bonchev–Trinajstić information content (AvgIpc) is 2.44. The molecule has 0 fully saturated rings. The van der Waals surface area contributed by atoms with E-state index in [-0.39, 0.29) is 17.2 Å². The van der Waals surface area contributed by atoms with Crippen molar-refractivity contribution in [2.24, 2.45) is 0 Å². The molecule has 0 spiro atoms. The second-order valence-corrected chi connectivity index (χ2v) is 3.57. The third-order valence-electron chi connectivity index (χ3n) is 1.75. The lowest BCUT2D eigenvalue weighted by Gasteiger charge is -1.89. The van der Waals surface area contributed by atoms with Gasteiger partial charge in [-0.25, -0.2) is 9.78 Å². The lowest BCUT2D eigenvalue weighted by atomic mass is 10.3. The number of nitrogens with zero attached hydrogens (tertiary/aromatic N) is 1. The van der Waals surface area contributed by atoms with Crippen LogP contribution in [0.25, 0.3) is 11.1 Å². The van der Waals surface area contributed by atoms with Crippen molar-refractivity contribution in [2.75, 3.05) is 5.73 Å². The van der Waals surface area contributed by atoms with Crippen LogP contribution in [-0.4, -0.2) is 16.1 Å². The van der Waals surface area contributed by atoms with Gasteiger partial charge in [0.15, 0.2) is 0 Å². The Hall–Kier alpha value is -1.56. The van der Waals surface area contributed by atoms with Crippen molar-refractivity contribution in [1.29, 1.82) is 0 Å². The topological polar surface area (TPSA) is 89.4 Å². The third kappa shape index (κ3) is 1.24. The second kappa shape index (κ2) is 2.98. The predicted octanol–water partition coefficient (Wildman–Crippen LogP) is 1.87. The van der Waals surface area contributed by atoms with Gasteiger partial charge in [-0.15, -0.1) is 0 Å². The van der Waals surface area contributed by atoms with E-state index >= 15 is 0 Å². The molecular formula is C8H5BrN2O3. The van der Waals surface area contributed by atoms with Crippen molar-refractivity contribution in [3.8, 4) is 0 Å². The number of carboxylic acid groups (broad SMARTS) is 1. The lowest BCUT2D eigenvalue weighted by molar-refractivity contribution is 0.0666. The summed E-state index contributed by atoms with van der Waals surface area (Å²) in [7, 11) is 0. The first-order chi connectivity index (χ1) is 6.59. The number of hydrogen-bond donors (Lipinski definition) is 2. The highest BCUT2D eigenvalue weighted by Crippen LogP contribution is 2.28. The van der Waals surface area contributed by atoms with E-state index in [9.17, 15) is 4.79 Å². The van der Waals surface area contributed by atoms with Gasteiger partial charge in [-0.3, -0.25) is 0 Å². The van der Waals surface area contributed by atoms with E-state index in [2.05, 4.69) is 20.9 Å². The number of aromatic carboxylic acids is 1. The smallest absolute Gasteiger partial charge is 0.374 e. The van der Waals surface area contributed by atoms with Crippen molar-refractivity contribution in [3.05, 3.63) is 22.5 Å². The fourth-order valence-electron chi connectivity index (χ4n) is 1.13. The zero-order chi connectivity index (χ0) is 10.3. The summed E-state index contributed by atoms with van der Waals surface area (Å²) in [6, 6.07) is 1.66. The molecule has 2 heterocycles. The van der Waals surface area contributed by atoms with Crippen molar-refractivity contribution < 1.29 is 14.3 Å². The van der Waals surface area contributed by atoms with E-state index in [1.165, 1.54) is 6.20 Å². The molecule has 5 nitrogen and oxygen atoms in total. The van der Waals surface area contributed by atoms with Gasteiger partial charge in [0.2, 0.25) is 11.5 Å². The Balaban J connectivity index is 2.80. The van der Waals surface area contributed by atoms with Crippen LogP contribution in [0.1, 0.15) is 10.6 Å². The van der Waals surface area contributed by atoms with Gasteiger partial charge < -0.3 is 15.3 Å². The minimum absolute atomic E-state index is 0.0984. The van der Waals surface area contributed by atoms with Gasteiger partial charge >= 0.3 is 5.97 Å². The Bertz CT molecular complexity index is 521. The Morgan fingerprint density at radius 1 is 1.64 bits per heavy atom. The quantitative estimate of drug-likeness (QED) is 0.813. The summed E-state index contributed by atoms with van der Waals surface area (Å²) < 4.78 is 5.68. The molecule has 0 aliphatic heterocycles. The fourth-order valence-corrected chi connectivity index (χ4v) is 1.47. The molecule has 0 saturated carbocycles. The molecule has 0 radical (unpaired) electrons. The minimum atomic E-state index is -1.20. The van der Waals surface area contributed by atoms with Crippen molar-refractivity contribution >= 4 is 38.7 Å². The summed E-state index contributed by atoms with van der Waals surface area (Å²) in [5.41, 5.74) is 5.90. The average molecular weight is 257 g/mol. The van der Waals surface area contributed by atoms with Crippen LogP contribution in [0.4, 0.5) is 5.69 Å². The number of aromatic nitrogens is 1. The van der Waals surface area contributed by atoms with Gasteiger partial charge in [0.25, 0.3) is 0 Å². The van der Waals surface area contributed by atoms with Crippen LogP contribution in [0.15, 0.2) is 21.2 Å². The van der Waals surface area contributed by atoms with Crippen molar-refractivity contribution in [1.82, 2.24) is 4.98 Å². The molecule has 0 unspecified atom stereocenters. The maximum Gasteiger partial charge on any atom is 0.374 e. The van der Waals surface area contributed by atoms with Crippen LogP contribution < -0.4 is 5.73 Å². The number of carboxylic acids is 1. The SMILES string of the molecule is Nc1c(C(=O)O)oc2ncc(Br)cc12. The Kier molecular flexibility index (Phi) is 1.92. The molecule has 14 heavy (non-hydrogen) atoms. The number of pyridine rings is 1. The van der Waals surface area contributed by atoms with Crippen LogP contribution in [0.5, 0.6) is 0 Å². The van der Waals surface area contributed by atoms with E-state index in [1.807, 2.05) is 0 Å². The molecule has 0 aliphatic carbocycles. The molecule has 0 aromatic carbocycles. The number of nitrogens with two attached hydrogens (primary N) is 1. The summed E-state index contributed by atoms with van der Waals surface area (Å²) in [6.45, 7) is 0. The van der Waals surface area contributed by atoms with Gasteiger partial charge in [0.05, 0.1) is 11.1 Å². The zero-order valence-electron chi connectivity index (χ0n) is 6.82. The highest BCUT2D eigenvalue weighted by Gasteiger charge is 2.18. The number of furan rings is 1. The minimum Gasteiger partial charge on any atom is -0.475 e. The molecule has 0 bridgehead atoms. The van der Waals surface area contributed by atoms with Crippen LogP contribution in [0.3, 0.4) is 0 Å². The summed E-state index contributed by atoms with van der Waals surface area (Å²) in [5, 5.41) is 9.22. The van der Waals surface area contributed by atoms with E-state index < -0.39 is 5.97 Å². The summed E-state index contributed by atoms with van der Waals surface area (Å²) in [6.07, 6.45) is 1.51. The molecule has 3 N–H and O–H groups in total. The molecule has 2 rings (SSSR count).